The van der Waals surface area contributed by atoms with Crippen molar-refractivity contribution in [3.8, 4) is 17.6 Å². The minimum absolute atomic E-state index is 0.197. The number of hydrogen-bond donors (Lipinski definition) is 1. The first-order valence-corrected chi connectivity index (χ1v) is 6.43. The van der Waals surface area contributed by atoms with Gasteiger partial charge in [-0.1, -0.05) is 11.8 Å². The third-order valence-electron chi connectivity index (χ3n) is 2.96. The molecule has 0 saturated carbocycles. The summed E-state index contributed by atoms with van der Waals surface area (Å²) < 4.78 is 24.4. The van der Waals surface area contributed by atoms with Crippen molar-refractivity contribution in [1.82, 2.24) is 0 Å². The van der Waals surface area contributed by atoms with Gasteiger partial charge >= 0.3 is 0 Å². The maximum Gasteiger partial charge on any atom is 0.165 e. The molecule has 0 spiro atoms. The van der Waals surface area contributed by atoms with Crippen LogP contribution in [0.1, 0.15) is 24.8 Å². The van der Waals surface area contributed by atoms with E-state index in [0.29, 0.717) is 12.2 Å². The van der Waals surface area contributed by atoms with Crippen LogP contribution in [0.2, 0.25) is 0 Å². The number of benzene rings is 1. The Morgan fingerprint density at radius 1 is 1.47 bits per heavy atom. The molecule has 1 aliphatic heterocycles. The maximum absolute atomic E-state index is 13.5. The van der Waals surface area contributed by atoms with Crippen molar-refractivity contribution < 1.29 is 19.0 Å². The van der Waals surface area contributed by atoms with Crippen molar-refractivity contribution in [3.63, 3.8) is 0 Å². The first-order valence-electron chi connectivity index (χ1n) is 6.43. The minimum Gasteiger partial charge on any atom is -0.490 e. The predicted octanol–water partition coefficient (Wildman–Crippen LogP) is 2.12. The zero-order valence-electron chi connectivity index (χ0n) is 10.7. The fourth-order valence-corrected chi connectivity index (χ4v) is 2.01. The van der Waals surface area contributed by atoms with Gasteiger partial charge in [0.2, 0.25) is 0 Å². The molecule has 1 aromatic rings. The summed E-state index contributed by atoms with van der Waals surface area (Å²) in [6, 6.07) is 4.43. The van der Waals surface area contributed by atoms with Crippen LogP contribution in [-0.4, -0.2) is 31.0 Å². The lowest BCUT2D eigenvalue weighted by Gasteiger charge is -2.11. The molecule has 1 aliphatic rings. The smallest absolute Gasteiger partial charge is 0.165 e. The predicted molar refractivity (Wildman–Crippen MR) is 69.4 cm³/mol. The fraction of sp³-hybridized carbons (Fsp3) is 0.467. The molecule has 2 rings (SSSR count). The van der Waals surface area contributed by atoms with Gasteiger partial charge < -0.3 is 14.6 Å². The van der Waals surface area contributed by atoms with Gasteiger partial charge in [-0.3, -0.25) is 0 Å². The quantitative estimate of drug-likeness (QED) is 0.847. The highest BCUT2D eigenvalue weighted by molar-refractivity contribution is 5.40. The summed E-state index contributed by atoms with van der Waals surface area (Å²) in [6.07, 6.45) is 3.14. The molecule has 0 aromatic heterocycles. The summed E-state index contributed by atoms with van der Waals surface area (Å²) in [5.74, 6) is 5.04. The van der Waals surface area contributed by atoms with Gasteiger partial charge in [-0.15, -0.1) is 0 Å². The normalized spacial score (nSPS) is 17.9. The molecular formula is C15H17FO3. The summed E-state index contributed by atoms with van der Waals surface area (Å²) in [7, 11) is 0. The molecule has 0 radical (unpaired) electrons. The van der Waals surface area contributed by atoms with E-state index in [-0.39, 0.29) is 18.5 Å². The van der Waals surface area contributed by atoms with Crippen LogP contribution in [0, 0.1) is 17.7 Å². The third kappa shape index (κ3) is 4.23. The van der Waals surface area contributed by atoms with E-state index in [9.17, 15) is 4.39 Å². The second kappa shape index (κ2) is 7.13. The van der Waals surface area contributed by atoms with Crippen molar-refractivity contribution in [2.24, 2.45) is 0 Å². The zero-order chi connectivity index (χ0) is 13.5. The second-order valence-electron chi connectivity index (χ2n) is 4.38. The van der Waals surface area contributed by atoms with E-state index in [4.69, 9.17) is 14.6 Å². The lowest BCUT2D eigenvalue weighted by Crippen LogP contribution is -2.11. The Morgan fingerprint density at radius 2 is 2.37 bits per heavy atom. The summed E-state index contributed by atoms with van der Waals surface area (Å²) in [6.45, 7) is 1.02. The van der Waals surface area contributed by atoms with Crippen molar-refractivity contribution in [3.05, 3.63) is 29.6 Å². The molecule has 0 amide bonds. The Labute approximate surface area is 112 Å². The molecular weight excluding hydrogens is 247 g/mol. The number of aliphatic hydroxyl groups excluding tert-OH is 1. The first-order chi connectivity index (χ1) is 9.29. The average molecular weight is 264 g/mol. The van der Waals surface area contributed by atoms with Gasteiger partial charge in [-0.25, -0.2) is 4.39 Å². The number of hydrogen-bond acceptors (Lipinski definition) is 3. The Bertz CT molecular complexity index is 470. The Morgan fingerprint density at radius 3 is 3.11 bits per heavy atom. The number of halogens is 1. The molecule has 19 heavy (non-hydrogen) atoms. The van der Waals surface area contributed by atoms with Crippen LogP contribution in [0.5, 0.6) is 5.75 Å². The van der Waals surface area contributed by atoms with Gasteiger partial charge in [-0.05, 0) is 31.0 Å². The SMILES string of the molecule is OCC#Cc1ccc(F)c(OCCC2CCCO2)c1. The minimum atomic E-state index is -0.401. The van der Waals surface area contributed by atoms with Crippen molar-refractivity contribution in [1.29, 1.82) is 0 Å². The molecule has 1 aromatic carbocycles. The van der Waals surface area contributed by atoms with E-state index in [2.05, 4.69) is 11.8 Å². The van der Waals surface area contributed by atoms with Gasteiger partial charge in [0.05, 0.1) is 12.7 Å². The first kappa shape index (κ1) is 13.9. The van der Waals surface area contributed by atoms with Crippen molar-refractivity contribution in [2.45, 2.75) is 25.4 Å². The van der Waals surface area contributed by atoms with Crippen LogP contribution in [0.3, 0.4) is 0 Å². The summed E-state index contributed by atoms with van der Waals surface area (Å²) in [5, 5.41) is 8.62. The number of ether oxygens (including phenoxy) is 2. The molecule has 1 saturated heterocycles. The highest BCUT2D eigenvalue weighted by Gasteiger charge is 2.15. The topological polar surface area (TPSA) is 38.7 Å². The van der Waals surface area contributed by atoms with Crippen LogP contribution >= 0.6 is 0 Å². The third-order valence-corrected chi connectivity index (χ3v) is 2.96. The zero-order valence-corrected chi connectivity index (χ0v) is 10.7. The average Bonchev–Trinajstić information content (AvgIpc) is 2.92. The van der Waals surface area contributed by atoms with Gasteiger partial charge in [0, 0.05) is 18.6 Å². The summed E-state index contributed by atoms with van der Waals surface area (Å²) >= 11 is 0. The Hall–Kier alpha value is -1.57. The molecule has 1 N–H and O–H groups in total. The standard InChI is InChI=1S/C15H17FO3/c16-14-6-5-12(3-1-8-17)11-15(14)19-10-7-13-4-2-9-18-13/h5-6,11,13,17H,2,4,7-10H2. The summed E-state index contributed by atoms with van der Waals surface area (Å²) in [4.78, 5) is 0. The van der Waals surface area contributed by atoms with Crippen LogP contribution in [0.4, 0.5) is 4.39 Å². The van der Waals surface area contributed by atoms with Gasteiger partial charge in [0.1, 0.15) is 6.61 Å². The molecule has 0 aliphatic carbocycles. The van der Waals surface area contributed by atoms with E-state index in [1.165, 1.54) is 6.07 Å². The lowest BCUT2D eigenvalue weighted by atomic mass is 10.2. The summed E-state index contributed by atoms with van der Waals surface area (Å²) in [5.41, 5.74) is 0.627. The van der Waals surface area contributed by atoms with E-state index in [1.807, 2.05) is 0 Å². The largest absolute Gasteiger partial charge is 0.490 e. The number of aliphatic hydroxyl groups is 1. The monoisotopic (exact) mass is 264 g/mol. The van der Waals surface area contributed by atoms with Crippen LogP contribution in [-0.2, 0) is 4.74 Å². The molecule has 1 fully saturated rings. The highest BCUT2D eigenvalue weighted by atomic mass is 19.1. The van der Waals surface area contributed by atoms with Crippen LogP contribution < -0.4 is 4.74 Å². The molecule has 3 nitrogen and oxygen atoms in total. The van der Waals surface area contributed by atoms with Gasteiger partial charge in [0.15, 0.2) is 11.6 Å². The molecule has 0 bridgehead atoms. The highest BCUT2D eigenvalue weighted by Crippen LogP contribution is 2.20. The molecule has 1 heterocycles. The van der Waals surface area contributed by atoms with Crippen molar-refractivity contribution in [2.75, 3.05) is 19.8 Å². The van der Waals surface area contributed by atoms with Crippen LogP contribution in [0.15, 0.2) is 18.2 Å². The van der Waals surface area contributed by atoms with Crippen LogP contribution in [0.25, 0.3) is 0 Å². The van der Waals surface area contributed by atoms with E-state index in [1.54, 1.807) is 12.1 Å². The lowest BCUT2D eigenvalue weighted by molar-refractivity contribution is 0.0897. The van der Waals surface area contributed by atoms with Gasteiger partial charge in [-0.2, -0.15) is 0 Å². The molecule has 1 atom stereocenters. The fourth-order valence-electron chi connectivity index (χ4n) is 2.01. The van der Waals surface area contributed by atoms with E-state index in [0.717, 1.165) is 25.9 Å². The van der Waals surface area contributed by atoms with Gasteiger partial charge in [0.25, 0.3) is 0 Å². The Balaban J connectivity index is 1.90. The Kier molecular flexibility index (Phi) is 5.20. The van der Waals surface area contributed by atoms with E-state index < -0.39 is 5.82 Å². The molecule has 102 valence electrons. The maximum atomic E-state index is 13.5. The molecule has 4 heteroatoms. The second-order valence-corrected chi connectivity index (χ2v) is 4.38. The molecule has 1 unspecified atom stereocenters. The van der Waals surface area contributed by atoms with E-state index >= 15 is 0 Å². The van der Waals surface area contributed by atoms with Crippen molar-refractivity contribution >= 4 is 0 Å². The number of rotatable bonds is 4.